The Labute approximate surface area is 108 Å². The van der Waals surface area contributed by atoms with Gasteiger partial charge in [0.25, 0.3) is 0 Å². The highest BCUT2D eigenvalue weighted by Gasteiger charge is 2.25. The number of hydrogen-bond acceptors (Lipinski definition) is 3. The molecular weight excluding hydrogens is 236 g/mol. The quantitative estimate of drug-likeness (QED) is 0.840. The molecule has 94 valence electrons. The van der Waals surface area contributed by atoms with Crippen molar-refractivity contribution in [2.75, 3.05) is 12.4 Å². The first kappa shape index (κ1) is 12.7. The van der Waals surface area contributed by atoms with Crippen LogP contribution < -0.4 is 5.32 Å². The van der Waals surface area contributed by atoms with E-state index in [-0.39, 0.29) is 0 Å². The van der Waals surface area contributed by atoms with E-state index in [1.807, 2.05) is 19.1 Å². The van der Waals surface area contributed by atoms with Crippen LogP contribution in [0.15, 0.2) is 12.1 Å². The van der Waals surface area contributed by atoms with Gasteiger partial charge in [-0.25, -0.2) is 4.98 Å². The number of halogens is 1. The number of hydrogen-bond donors (Lipinski definition) is 1. The zero-order chi connectivity index (χ0) is 12.3. The molecule has 1 N–H and O–H groups in total. The van der Waals surface area contributed by atoms with Gasteiger partial charge in [-0.2, -0.15) is 0 Å². The SMILES string of the molecule is COC1CCCCC1Nc1ccc(Cl)nc1C. The van der Waals surface area contributed by atoms with Crippen molar-refractivity contribution in [3.8, 4) is 0 Å². The molecule has 1 fully saturated rings. The van der Waals surface area contributed by atoms with Gasteiger partial charge in [0, 0.05) is 7.11 Å². The Morgan fingerprint density at radius 3 is 2.82 bits per heavy atom. The Hall–Kier alpha value is -0.800. The molecule has 1 aromatic heterocycles. The van der Waals surface area contributed by atoms with Gasteiger partial charge < -0.3 is 10.1 Å². The normalized spacial score (nSPS) is 24.6. The van der Waals surface area contributed by atoms with E-state index in [2.05, 4.69) is 10.3 Å². The van der Waals surface area contributed by atoms with Crippen LogP contribution >= 0.6 is 11.6 Å². The second kappa shape index (κ2) is 5.69. The number of nitrogens with one attached hydrogen (secondary N) is 1. The van der Waals surface area contributed by atoms with E-state index < -0.39 is 0 Å². The van der Waals surface area contributed by atoms with E-state index in [1.54, 1.807) is 7.11 Å². The number of aromatic nitrogens is 1. The summed E-state index contributed by atoms with van der Waals surface area (Å²) in [6.07, 6.45) is 5.11. The van der Waals surface area contributed by atoms with E-state index in [9.17, 15) is 0 Å². The van der Waals surface area contributed by atoms with Crippen molar-refractivity contribution < 1.29 is 4.74 Å². The number of pyridine rings is 1. The van der Waals surface area contributed by atoms with Crippen LogP contribution in [0, 0.1) is 6.92 Å². The van der Waals surface area contributed by atoms with Gasteiger partial charge >= 0.3 is 0 Å². The van der Waals surface area contributed by atoms with Crippen LogP contribution in [0.2, 0.25) is 5.15 Å². The summed E-state index contributed by atoms with van der Waals surface area (Å²) in [5.41, 5.74) is 2.00. The lowest BCUT2D eigenvalue weighted by atomic mass is 9.92. The first-order valence-electron chi connectivity index (χ1n) is 6.13. The maximum Gasteiger partial charge on any atom is 0.129 e. The molecule has 2 atom stereocenters. The molecule has 0 spiro atoms. The molecule has 3 nitrogen and oxygen atoms in total. The van der Waals surface area contributed by atoms with E-state index >= 15 is 0 Å². The molecule has 1 aromatic rings. The van der Waals surface area contributed by atoms with Gasteiger partial charge in [0.15, 0.2) is 0 Å². The maximum atomic E-state index is 5.85. The lowest BCUT2D eigenvalue weighted by Crippen LogP contribution is -2.38. The predicted molar refractivity (Wildman–Crippen MR) is 70.7 cm³/mol. The van der Waals surface area contributed by atoms with Crippen molar-refractivity contribution >= 4 is 17.3 Å². The Bertz CT molecular complexity index is 384. The minimum absolute atomic E-state index is 0.304. The third kappa shape index (κ3) is 3.11. The molecule has 2 unspecified atom stereocenters. The standard InChI is InChI=1S/C13H19ClN2O/c1-9-10(7-8-13(14)15-9)16-11-5-3-4-6-12(11)17-2/h7-8,11-12,16H,3-6H2,1-2H3. The third-order valence-electron chi connectivity index (χ3n) is 3.40. The summed E-state index contributed by atoms with van der Waals surface area (Å²) in [5, 5.41) is 4.07. The molecule has 4 heteroatoms. The van der Waals surface area contributed by atoms with Gasteiger partial charge in [-0.05, 0) is 31.9 Å². The number of aryl methyl sites for hydroxylation is 1. The summed E-state index contributed by atoms with van der Waals surface area (Å²) in [7, 11) is 1.79. The average molecular weight is 255 g/mol. The minimum atomic E-state index is 0.304. The Morgan fingerprint density at radius 2 is 2.12 bits per heavy atom. The summed E-state index contributed by atoms with van der Waals surface area (Å²) in [6, 6.07) is 4.20. The fourth-order valence-electron chi connectivity index (χ4n) is 2.43. The zero-order valence-corrected chi connectivity index (χ0v) is 11.1. The molecule has 2 rings (SSSR count). The van der Waals surface area contributed by atoms with Crippen molar-refractivity contribution in [1.29, 1.82) is 0 Å². The monoisotopic (exact) mass is 254 g/mol. The largest absolute Gasteiger partial charge is 0.379 e. The molecule has 0 radical (unpaired) electrons. The fraction of sp³-hybridized carbons (Fsp3) is 0.615. The topological polar surface area (TPSA) is 34.1 Å². The highest BCUT2D eigenvalue weighted by molar-refractivity contribution is 6.29. The molecule has 1 saturated carbocycles. The molecule has 0 bridgehead atoms. The number of nitrogens with zero attached hydrogens (tertiary/aromatic N) is 1. The summed E-state index contributed by atoms with van der Waals surface area (Å²) < 4.78 is 5.53. The predicted octanol–water partition coefficient (Wildman–Crippen LogP) is 3.41. The van der Waals surface area contributed by atoms with Gasteiger partial charge in [0.2, 0.25) is 0 Å². The van der Waals surface area contributed by atoms with Crippen LogP contribution in [0.1, 0.15) is 31.4 Å². The van der Waals surface area contributed by atoms with Gasteiger partial charge in [0.1, 0.15) is 5.15 Å². The number of methoxy groups -OCH3 is 1. The summed E-state index contributed by atoms with van der Waals surface area (Å²) >= 11 is 5.85. The second-order valence-electron chi connectivity index (χ2n) is 4.58. The molecular formula is C13H19ClN2O. The molecule has 1 heterocycles. The van der Waals surface area contributed by atoms with Crippen LogP contribution in [0.25, 0.3) is 0 Å². The molecule has 0 aromatic carbocycles. The van der Waals surface area contributed by atoms with Gasteiger partial charge in [-0.15, -0.1) is 0 Å². The van der Waals surface area contributed by atoms with Crippen LogP contribution in [0.5, 0.6) is 0 Å². The van der Waals surface area contributed by atoms with Crippen molar-refractivity contribution in [3.63, 3.8) is 0 Å². The van der Waals surface area contributed by atoms with E-state index in [0.29, 0.717) is 17.3 Å². The fourth-order valence-corrected chi connectivity index (χ4v) is 2.62. The maximum absolute atomic E-state index is 5.85. The highest BCUT2D eigenvalue weighted by Crippen LogP contribution is 2.25. The Morgan fingerprint density at radius 1 is 1.35 bits per heavy atom. The smallest absolute Gasteiger partial charge is 0.129 e. The van der Waals surface area contributed by atoms with Gasteiger partial charge in [-0.3, -0.25) is 0 Å². The van der Waals surface area contributed by atoms with Gasteiger partial charge in [0.05, 0.1) is 23.5 Å². The van der Waals surface area contributed by atoms with E-state index in [0.717, 1.165) is 24.2 Å². The van der Waals surface area contributed by atoms with Crippen molar-refractivity contribution in [2.45, 2.75) is 44.8 Å². The number of anilines is 1. The second-order valence-corrected chi connectivity index (χ2v) is 4.96. The van der Waals surface area contributed by atoms with Crippen molar-refractivity contribution in [1.82, 2.24) is 4.98 Å². The molecule has 0 saturated heterocycles. The average Bonchev–Trinajstić information content (AvgIpc) is 2.33. The summed E-state index contributed by atoms with van der Waals surface area (Å²) in [5.74, 6) is 0. The molecule has 17 heavy (non-hydrogen) atoms. The first-order valence-corrected chi connectivity index (χ1v) is 6.51. The lowest BCUT2D eigenvalue weighted by Gasteiger charge is -2.32. The van der Waals surface area contributed by atoms with Crippen LogP contribution in [-0.2, 0) is 4.74 Å². The number of ether oxygens (including phenoxy) is 1. The Kier molecular flexibility index (Phi) is 4.24. The van der Waals surface area contributed by atoms with E-state index in [4.69, 9.17) is 16.3 Å². The first-order chi connectivity index (χ1) is 8.20. The zero-order valence-electron chi connectivity index (χ0n) is 10.4. The molecule has 1 aliphatic rings. The summed E-state index contributed by atoms with van der Waals surface area (Å²) in [4.78, 5) is 4.25. The van der Waals surface area contributed by atoms with Crippen LogP contribution in [-0.4, -0.2) is 24.2 Å². The lowest BCUT2D eigenvalue weighted by molar-refractivity contribution is 0.0606. The number of rotatable bonds is 3. The molecule has 1 aliphatic carbocycles. The minimum Gasteiger partial charge on any atom is -0.379 e. The highest BCUT2D eigenvalue weighted by atomic mass is 35.5. The molecule has 0 aliphatic heterocycles. The van der Waals surface area contributed by atoms with Crippen LogP contribution in [0.4, 0.5) is 5.69 Å². The third-order valence-corrected chi connectivity index (χ3v) is 3.61. The molecule has 0 amide bonds. The van der Waals surface area contributed by atoms with Gasteiger partial charge in [-0.1, -0.05) is 24.4 Å². The Balaban J connectivity index is 2.08. The summed E-state index contributed by atoms with van der Waals surface area (Å²) in [6.45, 7) is 1.97. The van der Waals surface area contributed by atoms with E-state index in [1.165, 1.54) is 12.8 Å². The van der Waals surface area contributed by atoms with Crippen molar-refractivity contribution in [3.05, 3.63) is 23.0 Å². The van der Waals surface area contributed by atoms with Crippen molar-refractivity contribution in [2.24, 2.45) is 0 Å². The van der Waals surface area contributed by atoms with Crippen LogP contribution in [0.3, 0.4) is 0 Å².